The number of piperazine rings is 1. The summed E-state index contributed by atoms with van der Waals surface area (Å²) in [5, 5.41) is 4.49. The highest BCUT2D eigenvalue weighted by Gasteiger charge is 2.20. The predicted molar refractivity (Wildman–Crippen MR) is 141 cm³/mol. The second kappa shape index (κ2) is 9.00. The van der Waals surface area contributed by atoms with Crippen molar-refractivity contribution in [1.29, 1.82) is 0 Å². The smallest absolute Gasteiger partial charge is 0.255 e. The van der Waals surface area contributed by atoms with Crippen LogP contribution in [0.3, 0.4) is 0 Å². The van der Waals surface area contributed by atoms with E-state index in [4.69, 9.17) is 0 Å². The fourth-order valence-corrected chi connectivity index (χ4v) is 5.44. The van der Waals surface area contributed by atoms with Crippen LogP contribution in [-0.2, 0) is 0 Å². The number of anilines is 2. The maximum atomic E-state index is 13.1. The Morgan fingerprint density at radius 3 is 2.45 bits per heavy atom. The van der Waals surface area contributed by atoms with Crippen LogP contribution in [-0.4, -0.2) is 44.0 Å². The van der Waals surface area contributed by atoms with Gasteiger partial charge >= 0.3 is 0 Å². The molecule has 0 saturated carbocycles. The van der Waals surface area contributed by atoms with Crippen LogP contribution in [0.25, 0.3) is 20.5 Å². The molecule has 1 amide bonds. The molecule has 0 bridgehead atoms. The summed E-state index contributed by atoms with van der Waals surface area (Å²) < 4.78 is 1.28. The van der Waals surface area contributed by atoms with Gasteiger partial charge in [-0.15, -0.1) is 11.3 Å². The third kappa shape index (κ3) is 4.65. The molecule has 0 unspecified atom stereocenters. The van der Waals surface area contributed by atoms with Gasteiger partial charge in [-0.3, -0.25) is 4.79 Å². The van der Waals surface area contributed by atoms with Crippen LogP contribution in [0, 0.1) is 13.8 Å². The third-order valence-electron chi connectivity index (χ3n) is 6.33. The topological polar surface area (TPSA) is 35.6 Å². The second-order valence-corrected chi connectivity index (χ2v) is 10.1. The minimum absolute atomic E-state index is 0.0711. The lowest BCUT2D eigenvalue weighted by Gasteiger charge is -2.35. The summed E-state index contributed by atoms with van der Waals surface area (Å²) in [6, 6.07) is 23.1. The molecule has 1 saturated heterocycles. The van der Waals surface area contributed by atoms with Crippen molar-refractivity contribution >= 4 is 38.7 Å². The average molecular weight is 456 g/mol. The number of nitrogens with one attached hydrogen (secondary N) is 1. The first-order valence-corrected chi connectivity index (χ1v) is 12.2. The Labute approximate surface area is 199 Å². The second-order valence-electron chi connectivity index (χ2n) is 9.00. The molecule has 168 valence electrons. The van der Waals surface area contributed by atoms with Crippen molar-refractivity contribution in [3.8, 4) is 10.4 Å². The number of hydrogen-bond donors (Lipinski definition) is 1. The van der Waals surface area contributed by atoms with Gasteiger partial charge in [0.15, 0.2) is 0 Å². The summed E-state index contributed by atoms with van der Waals surface area (Å²) in [6.07, 6.45) is 0. The lowest BCUT2D eigenvalue weighted by molar-refractivity contribution is 0.102. The quantitative estimate of drug-likeness (QED) is 0.399. The van der Waals surface area contributed by atoms with E-state index >= 15 is 0 Å². The summed E-state index contributed by atoms with van der Waals surface area (Å²) in [5.74, 6) is -0.0711. The van der Waals surface area contributed by atoms with Crippen molar-refractivity contribution < 1.29 is 4.79 Å². The zero-order valence-electron chi connectivity index (χ0n) is 19.4. The van der Waals surface area contributed by atoms with Gasteiger partial charge in [0.2, 0.25) is 0 Å². The van der Waals surface area contributed by atoms with Crippen LogP contribution < -0.4 is 10.2 Å². The van der Waals surface area contributed by atoms with E-state index in [1.54, 1.807) is 11.3 Å². The summed E-state index contributed by atoms with van der Waals surface area (Å²) >= 11 is 1.79. The van der Waals surface area contributed by atoms with E-state index < -0.39 is 0 Å². The minimum Gasteiger partial charge on any atom is -0.367 e. The van der Waals surface area contributed by atoms with Gasteiger partial charge in [-0.25, -0.2) is 0 Å². The molecule has 0 radical (unpaired) electrons. The molecule has 2 heterocycles. The zero-order valence-corrected chi connectivity index (χ0v) is 20.2. The maximum absolute atomic E-state index is 13.1. The zero-order chi connectivity index (χ0) is 22.9. The molecule has 5 rings (SSSR count). The van der Waals surface area contributed by atoms with E-state index in [1.165, 1.54) is 20.5 Å². The van der Waals surface area contributed by atoms with E-state index in [0.717, 1.165) is 48.7 Å². The first kappa shape index (κ1) is 21.7. The van der Waals surface area contributed by atoms with Crippen LogP contribution in [0.1, 0.15) is 21.5 Å². The number of carbonyl (C=O) groups excluding carboxylic acids is 1. The number of hydrogen-bond acceptors (Lipinski definition) is 4. The molecule has 1 aromatic heterocycles. The molecular weight excluding hydrogens is 426 g/mol. The molecule has 0 spiro atoms. The van der Waals surface area contributed by atoms with Crippen LogP contribution in [0.2, 0.25) is 0 Å². The van der Waals surface area contributed by atoms with Crippen molar-refractivity contribution in [1.82, 2.24) is 4.90 Å². The van der Waals surface area contributed by atoms with Crippen molar-refractivity contribution in [2.24, 2.45) is 0 Å². The van der Waals surface area contributed by atoms with Gasteiger partial charge in [0.1, 0.15) is 0 Å². The van der Waals surface area contributed by atoms with E-state index in [-0.39, 0.29) is 5.91 Å². The van der Waals surface area contributed by atoms with E-state index in [1.807, 2.05) is 31.2 Å². The fraction of sp³-hybridized carbons (Fsp3) is 0.250. The Morgan fingerprint density at radius 1 is 0.879 bits per heavy atom. The van der Waals surface area contributed by atoms with E-state index in [0.29, 0.717) is 5.56 Å². The first-order valence-electron chi connectivity index (χ1n) is 11.4. The molecule has 1 N–H and O–H groups in total. The Morgan fingerprint density at radius 2 is 1.67 bits per heavy atom. The monoisotopic (exact) mass is 455 g/mol. The molecule has 3 aromatic carbocycles. The van der Waals surface area contributed by atoms with Crippen molar-refractivity contribution in [3.05, 3.63) is 83.4 Å². The number of fused-ring (bicyclic) bond motifs is 1. The van der Waals surface area contributed by atoms with Gasteiger partial charge in [-0.2, -0.15) is 0 Å². The van der Waals surface area contributed by atoms with Gasteiger partial charge in [-0.1, -0.05) is 41.5 Å². The number of rotatable bonds is 4. The van der Waals surface area contributed by atoms with Crippen LogP contribution >= 0.6 is 11.3 Å². The third-order valence-corrected chi connectivity index (χ3v) is 7.49. The van der Waals surface area contributed by atoms with Crippen LogP contribution in [0.4, 0.5) is 11.4 Å². The van der Waals surface area contributed by atoms with E-state index in [9.17, 15) is 4.79 Å². The number of amides is 1. The van der Waals surface area contributed by atoms with Crippen LogP contribution in [0.15, 0.2) is 66.7 Å². The Balaban J connectivity index is 1.53. The largest absolute Gasteiger partial charge is 0.367 e. The lowest BCUT2D eigenvalue weighted by atomic mass is 10.1. The number of nitrogens with zero attached hydrogens (tertiary/aromatic N) is 2. The molecule has 0 aliphatic carbocycles. The Hall–Kier alpha value is -3.15. The standard InChI is InChI=1S/C28H29N3OS/c1-19-5-4-6-22(15-19)28(32)29-24-17-21(8-9-25(24)31-13-11-30(3)12-14-31)27-18-23-16-20(2)7-10-26(23)33-27/h4-10,15-18H,11-14H2,1-3H3,(H,29,32). The molecule has 33 heavy (non-hydrogen) atoms. The van der Waals surface area contributed by atoms with Gasteiger partial charge in [0.05, 0.1) is 11.4 Å². The van der Waals surface area contributed by atoms with Gasteiger partial charge in [-0.05, 0) is 68.2 Å². The van der Waals surface area contributed by atoms with Gasteiger partial charge in [0, 0.05) is 41.3 Å². The normalized spacial score (nSPS) is 14.6. The predicted octanol–water partition coefficient (Wildman–Crippen LogP) is 6.19. The number of aryl methyl sites for hydroxylation is 2. The fourth-order valence-electron chi connectivity index (χ4n) is 4.40. The molecule has 5 heteroatoms. The Kier molecular flexibility index (Phi) is 5.92. The summed E-state index contributed by atoms with van der Waals surface area (Å²) in [4.78, 5) is 19.1. The summed E-state index contributed by atoms with van der Waals surface area (Å²) in [6.45, 7) is 8.07. The molecule has 4 nitrogen and oxygen atoms in total. The van der Waals surface area contributed by atoms with Gasteiger partial charge in [0.25, 0.3) is 5.91 Å². The number of carbonyl (C=O) groups is 1. The summed E-state index contributed by atoms with van der Waals surface area (Å²) in [5.41, 5.74) is 6.12. The lowest BCUT2D eigenvalue weighted by Crippen LogP contribution is -2.44. The molecule has 1 fully saturated rings. The number of thiophene rings is 1. The number of benzene rings is 3. The highest BCUT2D eigenvalue weighted by Crippen LogP contribution is 2.38. The highest BCUT2D eigenvalue weighted by molar-refractivity contribution is 7.22. The molecule has 4 aromatic rings. The average Bonchev–Trinajstić information content (AvgIpc) is 3.23. The highest BCUT2D eigenvalue weighted by atomic mass is 32.1. The molecule has 0 atom stereocenters. The Bertz CT molecular complexity index is 1320. The molecule has 1 aliphatic rings. The van der Waals surface area contributed by atoms with Crippen LogP contribution in [0.5, 0.6) is 0 Å². The molecule has 1 aliphatic heterocycles. The van der Waals surface area contributed by atoms with Crippen molar-refractivity contribution in [2.75, 3.05) is 43.4 Å². The van der Waals surface area contributed by atoms with Crippen molar-refractivity contribution in [3.63, 3.8) is 0 Å². The molecular formula is C28H29N3OS. The SMILES string of the molecule is Cc1cccc(C(=O)Nc2cc(-c3cc4cc(C)ccc4s3)ccc2N2CCN(C)CC2)c1. The number of likely N-dealkylation sites (N-methyl/N-ethyl adjacent to an activating group) is 1. The first-order chi connectivity index (χ1) is 16.0. The van der Waals surface area contributed by atoms with E-state index in [2.05, 4.69) is 71.6 Å². The van der Waals surface area contributed by atoms with Crippen molar-refractivity contribution in [2.45, 2.75) is 13.8 Å². The minimum atomic E-state index is -0.0711. The maximum Gasteiger partial charge on any atom is 0.255 e. The summed E-state index contributed by atoms with van der Waals surface area (Å²) in [7, 11) is 2.16. The van der Waals surface area contributed by atoms with Gasteiger partial charge < -0.3 is 15.1 Å².